The number of nitrogens with one attached hydrogen (secondary N) is 1. The molecule has 1 aromatic heterocycles. The van der Waals surface area contributed by atoms with Gasteiger partial charge in [0.1, 0.15) is 5.76 Å². The zero-order valence-electron chi connectivity index (χ0n) is 14.4. The summed E-state index contributed by atoms with van der Waals surface area (Å²) in [4.78, 5) is 14.5. The van der Waals surface area contributed by atoms with Crippen LogP contribution in [0.4, 0.5) is 0 Å². The Kier molecular flexibility index (Phi) is 6.47. The molecule has 1 amide bonds. The van der Waals surface area contributed by atoms with Crippen LogP contribution in [-0.4, -0.2) is 17.4 Å². The second-order valence-electron chi connectivity index (χ2n) is 6.12. The van der Waals surface area contributed by atoms with Gasteiger partial charge >= 0.3 is 0 Å². The Bertz CT molecular complexity index is 819. The molecule has 0 fully saturated rings. The monoisotopic (exact) mass is 368 g/mol. The van der Waals surface area contributed by atoms with E-state index < -0.39 is 0 Å². The largest absolute Gasteiger partial charge is 0.468 e. The molecule has 0 aliphatic rings. The Hall–Kier alpha value is -2.56. The van der Waals surface area contributed by atoms with Crippen LogP contribution in [0.3, 0.4) is 0 Å². The van der Waals surface area contributed by atoms with Crippen LogP contribution in [0.1, 0.15) is 16.9 Å². The Balaban J connectivity index is 1.59. The lowest BCUT2D eigenvalue weighted by atomic mass is 10.2. The molecule has 0 unspecified atom stereocenters. The summed E-state index contributed by atoms with van der Waals surface area (Å²) in [5.74, 6) is 0.802. The lowest BCUT2D eigenvalue weighted by Gasteiger charge is -2.21. The molecule has 0 spiro atoms. The molecule has 134 valence electrons. The maximum atomic E-state index is 12.4. The van der Waals surface area contributed by atoms with E-state index in [-0.39, 0.29) is 12.5 Å². The molecule has 2 aromatic carbocycles. The number of rotatable bonds is 8. The summed E-state index contributed by atoms with van der Waals surface area (Å²) in [7, 11) is 0. The minimum Gasteiger partial charge on any atom is -0.468 e. The van der Waals surface area contributed by atoms with Crippen molar-refractivity contribution in [3.05, 3.63) is 94.9 Å². The highest BCUT2D eigenvalue weighted by atomic mass is 35.5. The summed E-state index contributed by atoms with van der Waals surface area (Å²) in [5, 5.41) is 3.62. The van der Waals surface area contributed by atoms with Crippen molar-refractivity contribution in [1.29, 1.82) is 0 Å². The zero-order valence-corrected chi connectivity index (χ0v) is 15.2. The highest BCUT2D eigenvalue weighted by Gasteiger charge is 2.13. The van der Waals surface area contributed by atoms with Crippen molar-refractivity contribution < 1.29 is 9.21 Å². The van der Waals surface area contributed by atoms with Gasteiger partial charge in [-0.3, -0.25) is 9.69 Å². The fourth-order valence-corrected chi connectivity index (χ4v) is 2.95. The van der Waals surface area contributed by atoms with E-state index >= 15 is 0 Å². The van der Waals surface area contributed by atoms with Gasteiger partial charge in [-0.05, 0) is 35.4 Å². The van der Waals surface area contributed by atoms with Crippen molar-refractivity contribution in [3.63, 3.8) is 0 Å². The Morgan fingerprint density at radius 2 is 1.77 bits per heavy atom. The fourth-order valence-electron chi connectivity index (χ4n) is 2.74. The van der Waals surface area contributed by atoms with Gasteiger partial charge in [-0.2, -0.15) is 0 Å². The molecule has 3 rings (SSSR count). The molecular weight excluding hydrogens is 348 g/mol. The van der Waals surface area contributed by atoms with E-state index in [0.717, 1.165) is 16.9 Å². The van der Waals surface area contributed by atoms with Gasteiger partial charge in [-0.25, -0.2) is 0 Å². The van der Waals surface area contributed by atoms with E-state index in [4.69, 9.17) is 16.0 Å². The molecule has 0 atom stereocenters. The molecule has 0 bridgehead atoms. The van der Waals surface area contributed by atoms with Gasteiger partial charge in [0.25, 0.3) is 0 Å². The third kappa shape index (κ3) is 5.76. The number of hydrogen-bond acceptors (Lipinski definition) is 3. The average Bonchev–Trinajstić information content (AvgIpc) is 3.14. The summed E-state index contributed by atoms with van der Waals surface area (Å²) in [6.45, 7) is 1.99. The molecule has 5 heteroatoms. The van der Waals surface area contributed by atoms with Gasteiger partial charge < -0.3 is 9.73 Å². The predicted molar refractivity (Wildman–Crippen MR) is 103 cm³/mol. The van der Waals surface area contributed by atoms with E-state index in [1.54, 1.807) is 6.26 Å². The third-order valence-corrected chi connectivity index (χ3v) is 4.19. The summed E-state index contributed by atoms with van der Waals surface area (Å²) in [5.41, 5.74) is 2.13. The summed E-state index contributed by atoms with van der Waals surface area (Å²) >= 11 is 5.98. The number of hydrogen-bond donors (Lipinski definition) is 1. The van der Waals surface area contributed by atoms with Crippen LogP contribution in [0.2, 0.25) is 5.02 Å². The van der Waals surface area contributed by atoms with Crippen LogP contribution in [-0.2, 0) is 24.4 Å². The van der Waals surface area contributed by atoms with E-state index in [9.17, 15) is 4.79 Å². The number of amides is 1. The van der Waals surface area contributed by atoms with Gasteiger partial charge in [-0.1, -0.05) is 54.1 Å². The second kappa shape index (κ2) is 9.22. The van der Waals surface area contributed by atoms with Gasteiger partial charge in [0.05, 0.1) is 19.4 Å². The highest BCUT2D eigenvalue weighted by molar-refractivity contribution is 6.30. The first-order chi connectivity index (χ1) is 12.7. The molecule has 4 nitrogen and oxygen atoms in total. The number of carbonyl (C=O) groups excluding carboxylic acids is 1. The van der Waals surface area contributed by atoms with E-state index in [0.29, 0.717) is 24.7 Å². The molecule has 0 saturated carbocycles. The maximum absolute atomic E-state index is 12.4. The maximum Gasteiger partial charge on any atom is 0.234 e. The summed E-state index contributed by atoms with van der Waals surface area (Å²) in [6, 6.07) is 21.4. The van der Waals surface area contributed by atoms with Crippen molar-refractivity contribution in [1.82, 2.24) is 10.2 Å². The normalized spacial score (nSPS) is 10.8. The van der Waals surface area contributed by atoms with Gasteiger partial charge in [0.15, 0.2) is 0 Å². The molecular formula is C21H21ClN2O2. The third-order valence-electron chi connectivity index (χ3n) is 3.95. The van der Waals surface area contributed by atoms with Crippen molar-refractivity contribution >= 4 is 17.5 Å². The zero-order chi connectivity index (χ0) is 18.2. The molecule has 0 aliphatic carbocycles. The van der Waals surface area contributed by atoms with Gasteiger partial charge in [-0.15, -0.1) is 0 Å². The molecule has 0 saturated heterocycles. The van der Waals surface area contributed by atoms with Gasteiger partial charge in [0, 0.05) is 18.1 Å². The minimum absolute atomic E-state index is 0.0348. The Morgan fingerprint density at radius 1 is 0.962 bits per heavy atom. The smallest absolute Gasteiger partial charge is 0.234 e. The number of nitrogens with zero attached hydrogens (tertiary/aromatic N) is 1. The minimum atomic E-state index is -0.0348. The number of furan rings is 1. The van der Waals surface area contributed by atoms with Crippen LogP contribution < -0.4 is 5.32 Å². The van der Waals surface area contributed by atoms with Crippen LogP contribution in [0.5, 0.6) is 0 Å². The van der Waals surface area contributed by atoms with Crippen molar-refractivity contribution in [2.75, 3.05) is 6.54 Å². The highest BCUT2D eigenvalue weighted by Crippen LogP contribution is 2.12. The number of halogens is 1. The van der Waals surface area contributed by atoms with Crippen molar-refractivity contribution in [2.24, 2.45) is 0 Å². The average molecular weight is 369 g/mol. The van der Waals surface area contributed by atoms with Crippen LogP contribution in [0.25, 0.3) is 0 Å². The van der Waals surface area contributed by atoms with E-state index in [1.807, 2.05) is 54.6 Å². The van der Waals surface area contributed by atoms with Crippen LogP contribution >= 0.6 is 11.6 Å². The van der Waals surface area contributed by atoms with Crippen LogP contribution in [0.15, 0.2) is 77.4 Å². The second-order valence-corrected chi connectivity index (χ2v) is 6.55. The molecule has 26 heavy (non-hydrogen) atoms. The lowest BCUT2D eigenvalue weighted by Crippen LogP contribution is -2.36. The predicted octanol–water partition coefficient (Wildman–Crippen LogP) is 4.25. The van der Waals surface area contributed by atoms with Crippen molar-refractivity contribution in [3.8, 4) is 0 Å². The molecule has 0 aliphatic heterocycles. The standard InChI is InChI=1S/C21H21ClN2O2/c22-19-9-4-8-18(12-19)13-23-21(25)16-24(15-20-10-5-11-26-20)14-17-6-2-1-3-7-17/h1-12H,13-16H2,(H,23,25). The van der Waals surface area contributed by atoms with Gasteiger partial charge in [0.2, 0.25) is 5.91 Å². The fraction of sp³-hybridized carbons (Fsp3) is 0.190. The molecule has 3 aromatic rings. The first-order valence-corrected chi connectivity index (χ1v) is 8.86. The summed E-state index contributed by atoms with van der Waals surface area (Å²) in [6.07, 6.45) is 1.65. The molecule has 1 heterocycles. The molecule has 1 N–H and O–H groups in total. The first-order valence-electron chi connectivity index (χ1n) is 8.49. The topological polar surface area (TPSA) is 45.5 Å². The SMILES string of the molecule is O=C(CN(Cc1ccccc1)Cc1ccco1)NCc1cccc(Cl)c1. The quantitative estimate of drug-likeness (QED) is 0.646. The number of carbonyl (C=O) groups is 1. The van der Waals surface area contributed by atoms with Crippen molar-refractivity contribution in [2.45, 2.75) is 19.6 Å². The van der Waals surface area contributed by atoms with Crippen LogP contribution in [0, 0.1) is 0 Å². The first kappa shape index (κ1) is 18.2. The van der Waals surface area contributed by atoms with E-state index in [1.165, 1.54) is 0 Å². The lowest BCUT2D eigenvalue weighted by molar-refractivity contribution is -0.122. The number of benzene rings is 2. The Morgan fingerprint density at radius 3 is 2.50 bits per heavy atom. The Labute approximate surface area is 158 Å². The summed E-state index contributed by atoms with van der Waals surface area (Å²) < 4.78 is 5.44. The molecule has 0 radical (unpaired) electrons. The van der Waals surface area contributed by atoms with E-state index in [2.05, 4.69) is 22.3 Å².